The van der Waals surface area contributed by atoms with Gasteiger partial charge in [-0.15, -0.1) is 0 Å². The highest BCUT2D eigenvalue weighted by atomic mass is 16.1. The Kier molecular flexibility index (Phi) is 8.89. The van der Waals surface area contributed by atoms with E-state index < -0.39 is 0 Å². The van der Waals surface area contributed by atoms with Crippen LogP contribution in [-0.2, 0) is 4.79 Å². The van der Waals surface area contributed by atoms with E-state index in [9.17, 15) is 4.79 Å². The van der Waals surface area contributed by atoms with Crippen LogP contribution in [0.3, 0.4) is 0 Å². The summed E-state index contributed by atoms with van der Waals surface area (Å²) in [6.45, 7) is 2.27. The van der Waals surface area contributed by atoms with Gasteiger partial charge in [0.2, 0.25) is 0 Å². The largest absolute Gasteiger partial charge is 0.295 e. The highest BCUT2D eigenvalue weighted by molar-refractivity contribution is 5.95. The minimum Gasteiger partial charge on any atom is -0.295 e. The molecule has 1 rings (SSSR count). The summed E-state index contributed by atoms with van der Waals surface area (Å²) in [5.74, 6) is 0.417. The van der Waals surface area contributed by atoms with E-state index in [0.29, 0.717) is 5.78 Å². The van der Waals surface area contributed by atoms with Crippen LogP contribution >= 0.6 is 0 Å². The predicted molar refractivity (Wildman–Crippen MR) is 78.8 cm³/mol. The third-order valence-corrected chi connectivity index (χ3v) is 3.91. The normalized spacial score (nSPS) is 15.8. The number of unbranched alkanes of at least 4 members (excludes halogenated alkanes) is 8. The lowest BCUT2D eigenvalue weighted by molar-refractivity contribution is -0.116. The summed E-state index contributed by atoms with van der Waals surface area (Å²) in [6.07, 6.45) is 18.4. The van der Waals surface area contributed by atoms with Crippen LogP contribution in [-0.4, -0.2) is 5.78 Å². The lowest BCUT2D eigenvalue weighted by Crippen LogP contribution is -2.06. The Hall–Kier alpha value is -0.590. The zero-order chi connectivity index (χ0) is 13.1. The van der Waals surface area contributed by atoms with Gasteiger partial charge in [0.1, 0.15) is 0 Å². The molecule has 0 aromatic heterocycles. The van der Waals surface area contributed by atoms with Gasteiger partial charge in [0, 0.05) is 6.42 Å². The molecule has 0 fully saturated rings. The molecule has 0 atom stereocenters. The van der Waals surface area contributed by atoms with Crippen molar-refractivity contribution in [2.24, 2.45) is 0 Å². The van der Waals surface area contributed by atoms with Gasteiger partial charge in [0.25, 0.3) is 0 Å². The smallest absolute Gasteiger partial charge is 0.158 e. The molecular formula is C17H30O. The highest BCUT2D eigenvalue weighted by Gasteiger charge is 2.12. The van der Waals surface area contributed by atoms with Crippen molar-refractivity contribution in [3.63, 3.8) is 0 Å². The molecule has 0 unspecified atom stereocenters. The fourth-order valence-electron chi connectivity index (χ4n) is 2.68. The van der Waals surface area contributed by atoms with E-state index in [1.54, 1.807) is 0 Å². The molecule has 1 aliphatic rings. The van der Waals surface area contributed by atoms with Crippen molar-refractivity contribution < 1.29 is 4.79 Å². The van der Waals surface area contributed by atoms with Gasteiger partial charge < -0.3 is 0 Å². The lowest BCUT2D eigenvalue weighted by Gasteiger charge is -2.11. The first-order valence-electron chi connectivity index (χ1n) is 8.07. The first-order chi connectivity index (χ1) is 8.84. The topological polar surface area (TPSA) is 17.1 Å². The van der Waals surface area contributed by atoms with Crippen molar-refractivity contribution in [3.8, 4) is 0 Å². The van der Waals surface area contributed by atoms with Crippen molar-refractivity contribution in [3.05, 3.63) is 11.6 Å². The molecule has 0 bridgehead atoms. The molecule has 0 saturated heterocycles. The quantitative estimate of drug-likeness (QED) is 0.462. The minimum atomic E-state index is 0.417. The molecule has 1 heteroatoms. The third-order valence-electron chi connectivity index (χ3n) is 3.91. The molecule has 0 radical (unpaired) electrons. The van der Waals surface area contributed by atoms with Crippen molar-refractivity contribution in [1.82, 2.24) is 0 Å². The summed E-state index contributed by atoms with van der Waals surface area (Å²) >= 11 is 0. The molecule has 0 aliphatic heterocycles. The van der Waals surface area contributed by atoms with Crippen LogP contribution in [0, 0.1) is 0 Å². The van der Waals surface area contributed by atoms with E-state index >= 15 is 0 Å². The van der Waals surface area contributed by atoms with Crippen LogP contribution in [0.2, 0.25) is 0 Å². The van der Waals surface area contributed by atoms with Crippen molar-refractivity contribution in [1.29, 1.82) is 0 Å². The van der Waals surface area contributed by atoms with Crippen LogP contribution in [0.4, 0.5) is 0 Å². The minimum absolute atomic E-state index is 0.417. The maximum absolute atomic E-state index is 11.6. The fourth-order valence-corrected chi connectivity index (χ4v) is 2.68. The van der Waals surface area contributed by atoms with Gasteiger partial charge in [-0.2, -0.15) is 0 Å². The Labute approximate surface area is 113 Å². The van der Waals surface area contributed by atoms with E-state index in [4.69, 9.17) is 0 Å². The van der Waals surface area contributed by atoms with Crippen LogP contribution in [0.15, 0.2) is 11.6 Å². The number of ketones is 1. The van der Waals surface area contributed by atoms with Crippen molar-refractivity contribution >= 4 is 5.78 Å². The molecule has 104 valence electrons. The summed E-state index contributed by atoms with van der Waals surface area (Å²) in [4.78, 5) is 11.6. The van der Waals surface area contributed by atoms with Gasteiger partial charge in [-0.1, -0.05) is 64.4 Å². The molecule has 0 heterocycles. The number of hydrogen-bond donors (Lipinski definition) is 0. The molecule has 0 aromatic carbocycles. The summed E-state index contributed by atoms with van der Waals surface area (Å²) in [5.41, 5.74) is 1.13. The molecule has 0 N–H and O–H groups in total. The number of Topliss-reactive ketones (excluding diaryl/α,β-unsaturated/α-hetero) is 1. The number of rotatable bonds is 10. The van der Waals surface area contributed by atoms with Crippen molar-refractivity contribution in [2.75, 3.05) is 0 Å². The molecular weight excluding hydrogens is 220 g/mol. The second-order valence-electron chi connectivity index (χ2n) is 5.62. The Morgan fingerprint density at radius 2 is 1.56 bits per heavy atom. The average molecular weight is 250 g/mol. The maximum Gasteiger partial charge on any atom is 0.158 e. The first kappa shape index (κ1) is 15.5. The molecule has 0 spiro atoms. The fraction of sp³-hybridized carbons (Fsp3) is 0.824. The standard InChI is InChI=1S/C17H30O/c1-2-3-4-5-6-7-8-9-10-13-16-14-11-12-15-17(16)18/h14H,2-13,15H2,1H3. The number of allylic oxidation sites excluding steroid dienone is 2. The third kappa shape index (κ3) is 6.98. The summed E-state index contributed by atoms with van der Waals surface area (Å²) in [7, 11) is 0. The molecule has 0 aromatic rings. The average Bonchev–Trinajstić information content (AvgIpc) is 2.39. The van der Waals surface area contributed by atoms with Crippen LogP contribution in [0.5, 0.6) is 0 Å². The van der Waals surface area contributed by atoms with Gasteiger partial charge >= 0.3 is 0 Å². The Balaban J connectivity index is 1.89. The SMILES string of the molecule is CCCCCCCCCCCC1=CCCCC1=O. The zero-order valence-electron chi connectivity index (χ0n) is 12.2. The van der Waals surface area contributed by atoms with Gasteiger partial charge in [-0.3, -0.25) is 4.79 Å². The van der Waals surface area contributed by atoms with Gasteiger partial charge in [-0.25, -0.2) is 0 Å². The van der Waals surface area contributed by atoms with Gasteiger partial charge in [-0.05, 0) is 31.3 Å². The maximum atomic E-state index is 11.6. The van der Waals surface area contributed by atoms with E-state index in [1.165, 1.54) is 57.8 Å². The van der Waals surface area contributed by atoms with E-state index in [-0.39, 0.29) is 0 Å². The summed E-state index contributed by atoms with van der Waals surface area (Å²) in [6, 6.07) is 0. The van der Waals surface area contributed by atoms with E-state index in [0.717, 1.165) is 31.3 Å². The van der Waals surface area contributed by atoms with Crippen LogP contribution in [0.1, 0.15) is 90.4 Å². The predicted octanol–water partition coefficient (Wildman–Crippen LogP) is 5.59. The molecule has 0 amide bonds. The van der Waals surface area contributed by atoms with E-state index in [2.05, 4.69) is 13.0 Å². The van der Waals surface area contributed by atoms with E-state index in [1.807, 2.05) is 0 Å². The molecule has 18 heavy (non-hydrogen) atoms. The van der Waals surface area contributed by atoms with Crippen LogP contribution < -0.4 is 0 Å². The molecule has 0 saturated carbocycles. The van der Waals surface area contributed by atoms with Gasteiger partial charge in [0.05, 0.1) is 0 Å². The molecule has 1 nitrogen and oxygen atoms in total. The number of carbonyl (C=O) groups excluding carboxylic acids is 1. The highest BCUT2D eigenvalue weighted by Crippen LogP contribution is 2.20. The Morgan fingerprint density at radius 3 is 2.17 bits per heavy atom. The number of carbonyl (C=O) groups is 1. The first-order valence-corrected chi connectivity index (χ1v) is 8.07. The van der Waals surface area contributed by atoms with Gasteiger partial charge in [0.15, 0.2) is 5.78 Å². The summed E-state index contributed by atoms with van der Waals surface area (Å²) in [5, 5.41) is 0. The monoisotopic (exact) mass is 250 g/mol. The Morgan fingerprint density at radius 1 is 0.944 bits per heavy atom. The second-order valence-corrected chi connectivity index (χ2v) is 5.62. The lowest BCUT2D eigenvalue weighted by atomic mass is 9.93. The summed E-state index contributed by atoms with van der Waals surface area (Å²) < 4.78 is 0. The second kappa shape index (κ2) is 10.3. The number of hydrogen-bond acceptors (Lipinski definition) is 1. The molecule has 1 aliphatic carbocycles. The zero-order valence-corrected chi connectivity index (χ0v) is 12.2. The Bertz CT molecular complexity index is 252. The van der Waals surface area contributed by atoms with Crippen LogP contribution in [0.25, 0.3) is 0 Å². The van der Waals surface area contributed by atoms with Crippen molar-refractivity contribution in [2.45, 2.75) is 90.4 Å².